The summed E-state index contributed by atoms with van der Waals surface area (Å²) in [6, 6.07) is 0. The van der Waals surface area contributed by atoms with Crippen molar-refractivity contribution in [2.45, 2.75) is 25.7 Å². The molecular weight excluding hydrogens is 152 g/mol. The summed E-state index contributed by atoms with van der Waals surface area (Å²) in [5, 5.41) is 8.35. The van der Waals surface area contributed by atoms with Gasteiger partial charge in [-0.1, -0.05) is 18.8 Å². The Balaban J connectivity index is 1.94. The molecule has 0 aromatic heterocycles. The van der Waals surface area contributed by atoms with Gasteiger partial charge in [0.05, 0.1) is 0 Å². The standard InChI is InChI=1S/C10H12O2/c11-10(12)6-5-9-7-3-1-2-4-8(7)9/h7-9H,1-4H2,(H,11,12). The highest BCUT2D eigenvalue weighted by Gasteiger charge is 2.49. The number of carbonyl (C=O) groups is 1. The van der Waals surface area contributed by atoms with Crippen molar-refractivity contribution in [3.05, 3.63) is 0 Å². The molecule has 2 rings (SSSR count). The lowest BCUT2D eigenvalue weighted by molar-refractivity contribution is -0.130. The predicted octanol–water partition coefficient (Wildman–Crippen LogP) is 1.51. The Hall–Kier alpha value is -0.970. The van der Waals surface area contributed by atoms with Gasteiger partial charge in [0.25, 0.3) is 0 Å². The van der Waals surface area contributed by atoms with E-state index in [9.17, 15) is 4.79 Å². The van der Waals surface area contributed by atoms with Gasteiger partial charge in [-0.3, -0.25) is 0 Å². The summed E-state index contributed by atoms with van der Waals surface area (Å²) in [7, 11) is 0. The zero-order valence-corrected chi connectivity index (χ0v) is 6.92. The SMILES string of the molecule is O=C(O)C#CC1C2CCCCC12. The van der Waals surface area contributed by atoms with Gasteiger partial charge in [0.15, 0.2) is 0 Å². The third-order valence-corrected chi connectivity index (χ3v) is 3.00. The smallest absolute Gasteiger partial charge is 0.381 e. The molecule has 2 heteroatoms. The van der Waals surface area contributed by atoms with Gasteiger partial charge < -0.3 is 5.11 Å². The number of hydrogen-bond donors (Lipinski definition) is 1. The Bertz CT molecular complexity index is 247. The van der Waals surface area contributed by atoms with Crippen LogP contribution in [0.1, 0.15) is 25.7 Å². The van der Waals surface area contributed by atoms with E-state index in [0.29, 0.717) is 5.92 Å². The van der Waals surface area contributed by atoms with Crippen LogP contribution in [-0.4, -0.2) is 11.1 Å². The minimum atomic E-state index is -0.987. The largest absolute Gasteiger partial charge is 0.472 e. The Morgan fingerprint density at radius 2 is 1.83 bits per heavy atom. The maximum atomic E-state index is 10.2. The van der Waals surface area contributed by atoms with Crippen LogP contribution in [0.3, 0.4) is 0 Å². The quantitative estimate of drug-likeness (QED) is 0.551. The van der Waals surface area contributed by atoms with Crippen molar-refractivity contribution in [1.29, 1.82) is 0 Å². The summed E-state index contributed by atoms with van der Waals surface area (Å²) in [4.78, 5) is 10.2. The van der Waals surface area contributed by atoms with Gasteiger partial charge in [-0.25, -0.2) is 4.79 Å². The first-order chi connectivity index (χ1) is 5.79. The Labute approximate surface area is 72.0 Å². The molecule has 2 nitrogen and oxygen atoms in total. The third kappa shape index (κ3) is 1.32. The molecule has 1 N–H and O–H groups in total. The predicted molar refractivity (Wildman–Crippen MR) is 44.3 cm³/mol. The van der Waals surface area contributed by atoms with Crippen LogP contribution in [0.2, 0.25) is 0 Å². The molecule has 2 aliphatic rings. The maximum absolute atomic E-state index is 10.2. The molecule has 0 aromatic rings. The monoisotopic (exact) mass is 164 g/mol. The summed E-state index contributed by atoms with van der Waals surface area (Å²) < 4.78 is 0. The van der Waals surface area contributed by atoms with Crippen LogP contribution in [0.25, 0.3) is 0 Å². The molecule has 0 heterocycles. The lowest BCUT2D eigenvalue weighted by Crippen LogP contribution is -1.91. The van der Waals surface area contributed by atoms with Crippen molar-refractivity contribution in [3.63, 3.8) is 0 Å². The molecule has 0 spiro atoms. The highest BCUT2D eigenvalue weighted by Crippen LogP contribution is 2.54. The Kier molecular flexibility index (Phi) is 1.80. The van der Waals surface area contributed by atoms with E-state index < -0.39 is 5.97 Å². The summed E-state index contributed by atoms with van der Waals surface area (Å²) in [5.74, 6) is 5.99. The molecule has 0 saturated heterocycles. The van der Waals surface area contributed by atoms with Gasteiger partial charge in [-0.2, -0.15) is 0 Å². The highest BCUT2D eigenvalue weighted by atomic mass is 16.4. The zero-order valence-electron chi connectivity index (χ0n) is 6.92. The lowest BCUT2D eigenvalue weighted by Gasteiger charge is -2.04. The molecule has 0 bridgehead atoms. The van der Waals surface area contributed by atoms with Crippen molar-refractivity contribution in [2.75, 3.05) is 0 Å². The average molecular weight is 164 g/mol. The molecule has 2 saturated carbocycles. The number of rotatable bonds is 0. The van der Waals surface area contributed by atoms with E-state index in [4.69, 9.17) is 5.11 Å². The van der Waals surface area contributed by atoms with Gasteiger partial charge >= 0.3 is 5.97 Å². The molecule has 0 aromatic carbocycles. The first kappa shape index (κ1) is 7.67. The maximum Gasteiger partial charge on any atom is 0.381 e. The van der Waals surface area contributed by atoms with Gasteiger partial charge in [0.1, 0.15) is 0 Å². The van der Waals surface area contributed by atoms with Gasteiger partial charge in [0, 0.05) is 11.8 Å². The van der Waals surface area contributed by atoms with Crippen molar-refractivity contribution >= 4 is 5.97 Å². The van der Waals surface area contributed by atoms with E-state index in [0.717, 1.165) is 11.8 Å². The van der Waals surface area contributed by atoms with Gasteiger partial charge in [-0.05, 0) is 24.7 Å². The van der Waals surface area contributed by atoms with E-state index in [2.05, 4.69) is 11.8 Å². The van der Waals surface area contributed by atoms with Crippen molar-refractivity contribution in [2.24, 2.45) is 17.8 Å². The molecular formula is C10H12O2. The van der Waals surface area contributed by atoms with Crippen LogP contribution in [0, 0.1) is 29.6 Å². The fraction of sp³-hybridized carbons (Fsp3) is 0.700. The summed E-state index contributed by atoms with van der Waals surface area (Å²) in [6.07, 6.45) is 5.16. The zero-order chi connectivity index (χ0) is 8.55. The second-order valence-electron chi connectivity index (χ2n) is 3.71. The summed E-state index contributed by atoms with van der Waals surface area (Å²) >= 11 is 0. The molecule has 2 atom stereocenters. The van der Waals surface area contributed by atoms with E-state index in [1.165, 1.54) is 25.7 Å². The van der Waals surface area contributed by atoms with Gasteiger partial charge in [-0.15, -0.1) is 0 Å². The number of fused-ring (bicyclic) bond motifs is 1. The molecule has 2 aliphatic carbocycles. The second kappa shape index (κ2) is 2.82. The Morgan fingerprint density at radius 1 is 1.25 bits per heavy atom. The third-order valence-electron chi connectivity index (χ3n) is 3.00. The average Bonchev–Trinajstić information content (AvgIpc) is 2.74. The van der Waals surface area contributed by atoms with Crippen molar-refractivity contribution < 1.29 is 9.90 Å². The number of aliphatic carboxylic acids is 1. The van der Waals surface area contributed by atoms with Crippen molar-refractivity contribution in [3.8, 4) is 11.8 Å². The van der Waals surface area contributed by atoms with Crippen LogP contribution >= 0.6 is 0 Å². The number of carboxylic acid groups (broad SMARTS) is 1. The number of hydrogen-bond acceptors (Lipinski definition) is 1. The molecule has 2 unspecified atom stereocenters. The molecule has 64 valence electrons. The lowest BCUT2D eigenvalue weighted by atomic mass is 10.0. The van der Waals surface area contributed by atoms with Crippen LogP contribution in [0.15, 0.2) is 0 Å². The first-order valence-electron chi connectivity index (χ1n) is 4.53. The molecule has 2 fully saturated rings. The minimum absolute atomic E-state index is 0.420. The van der Waals surface area contributed by atoms with E-state index in [-0.39, 0.29) is 0 Å². The molecule has 0 amide bonds. The summed E-state index contributed by atoms with van der Waals surface area (Å²) in [6.45, 7) is 0. The molecule has 0 radical (unpaired) electrons. The Morgan fingerprint density at radius 3 is 2.33 bits per heavy atom. The van der Waals surface area contributed by atoms with Crippen LogP contribution < -0.4 is 0 Å². The summed E-state index contributed by atoms with van der Waals surface area (Å²) in [5.41, 5.74) is 0. The minimum Gasteiger partial charge on any atom is -0.472 e. The number of carboxylic acids is 1. The van der Waals surface area contributed by atoms with E-state index >= 15 is 0 Å². The molecule has 12 heavy (non-hydrogen) atoms. The normalized spacial score (nSPS) is 37.5. The second-order valence-corrected chi connectivity index (χ2v) is 3.71. The fourth-order valence-corrected chi connectivity index (χ4v) is 2.35. The van der Waals surface area contributed by atoms with Crippen LogP contribution in [0.4, 0.5) is 0 Å². The fourth-order valence-electron chi connectivity index (χ4n) is 2.35. The van der Waals surface area contributed by atoms with E-state index in [1.54, 1.807) is 0 Å². The molecule has 0 aliphatic heterocycles. The topological polar surface area (TPSA) is 37.3 Å². The van der Waals surface area contributed by atoms with Gasteiger partial charge in [0.2, 0.25) is 0 Å². The highest BCUT2D eigenvalue weighted by molar-refractivity contribution is 5.86. The van der Waals surface area contributed by atoms with Crippen LogP contribution in [0.5, 0.6) is 0 Å². The van der Waals surface area contributed by atoms with Crippen LogP contribution in [-0.2, 0) is 4.79 Å². The first-order valence-corrected chi connectivity index (χ1v) is 4.53. The van der Waals surface area contributed by atoms with E-state index in [1.807, 2.05) is 0 Å². The van der Waals surface area contributed by atoms with Crippen molar-refractivity contribution in [1.82, 2.24) is 0 Å².